The van der Waals surface area contributed by atoms with Crippen molar-refractivity contribution in [3.05, 3.63) is 65.2 Å². The molecule has 0 spiro atoms. The van der Waals surface area contributed by atoms with Crippen molar-refractivity contribution >= 4 is 34.2 Å². The molecule has 12 heteroatoms. The first-order valence-electron chi connectivity index (χ1n) is 11.9. The number of fused-ring (bicyclic) bond motifs is 1. The topological polar surface area (TPSA) is 105 Å². The first kappa shape index (κ1) is 25.5. The maximum absolute atomic E-state index is 16.1. The lowest BCUT2D eigenvalue weighted by Crippen LogP contribution is -2.48. The Balaban J connectivity index is 1.59. The van der Waals surface area contributed by atoms with Gasteiger partial charge in [0.05, 0.1) is 17.2 Å². The van der Waals surface area contributed by atoms with Gasteiger partial charge in [-0.05, 0) is 24.3 Å². The summed E-state index contributed by atoms with van der Waals surface area (Å²) in [5, 5.41) is 10.5. The zero-order chi connectivity index (χ0) is 26.8. The Morgan fingerprint density at radius 2 is 1.82 bits per heavy atom. The van der Waals surface area contributed by atoms with Crippen LogP contribution in [0.25, 0.3) is 22.0 Å². The van der Waals surface area contributed by atoms with E-state index in [2.05, 4.69) is 19.9 Å². The molecule has 1 N–H and O–H groups in total. The van der Waals surface area contributed by atoms with Crippen molar-refractivity contribution in [2.45, 2.75) is 13.3 Å². The first-order valence-corrected chi connectivity index (χ1v) is 12.3. The normalized spacial score (nSPS) is 13.7. The van der Waals surface area contributed by atoms with Gasteiger partial charge >= 0.3 is 6.01 Å². The Morgan fingerprint density at radius 1 is 1.08 bits per heavy atom. The van der Waals surface area contributed by atoms with Gasteiger partial charge in [-0.1, -0.05) is 17.7 Å². The third kappa shape index (κ3) is 5.01. The minimum absolute atomic E-state index is 0.0345. The summed E-state index contributed by atoms with van der Waals surface area (Å²) in [5.74, 6) is -1.32. The van der Waals surface area contributed by atoms with Gasteiger partial charge < -0.3 is 19.6 Å². The van der Waals surface area contributed by atoms with Gasteiger partial charge in [0.25, 0.3) is 0 Å². The van der Waals surface area contributed by atoms with Gasteiger partial charge in [0.15, 0.2) is 5.82 Å². The number of benzene rings is 2. The number of aromatic nitrogens is 4. The van der Waals surface area contributed by atoms with E-state index in [0.717, 1.165) is 6.07 Å². The van der Waals surface area contributed by atoms with Crippen LogP contribution in [0.1, 0.15) is 12.7 Å². The summed E-state index contributed by atoms with van der Waals surface area (Å²) < 4.78 is 36.5. The van der Waals surface area contributed by atoms with Gasteiger partial charge in [-0.2, -0.15) is 9.97 Å². The highest BCUT2D eigenvalue weighted by atomic mass is 35.5. The Kier molecular flexibility index (Phi) is 7.19. The molecule has 1 saturated heterocycles. The molecule has 0 saturated carbocycles. The molecule has 0 aliphatic carbocycles. The Bertz CT molecular complexity index is 1480. The SMILES string of the molecule is CC(=O)N1CCN(c2nc(OCCc3ncccn3)nc3c(F)c(-c4c(O)cccc4F)c(Cl)cc23)CC1. The van der Waals surface area contributed by atoms with Crippen LogP contribution in [0, 0.1) is 11.6 Å². The summed E-state index contributed by atoms with van der Waals surface area (Å²) >= 11 is 6.46. The smallest absolute Gasteiger partial charge is 0.319 e. The number of piperazine rings is 1. The number of aromatic hydroxyl groups is 1. The van der Waals surface area contributed by atoms with E-state index in [1.807, 2.05) is 4.90 Å². The quantitative estimate of drug-likeness (QED) is 0.391. The van der Waals surface area contributed by atoms with E-state index in [1.165, 1.54) is 25.1 Å². The second-order valence-corrected chi connectivity index (χ2v) is 9.07. The Labute approximate surface area is 221 Å². The molecule has 9 nitrogen and oxygen atoms in total. The molecular formula is C26H23ClF2N6O3. The van der Waals surface area contributed by atoms with E-state index in [1.54, 1.807) is 23.4 Å². The molecule has 196 valence electrons. The fourth-order valence-corrected chi connectivity index (χ4v) is 4.67. The van der Waals surface area contributed by atoms with E-state index in [9.17, 15) is 14.3 Å². The molecule has 4 aromatic rings. The zero-order valence-electron chi connectivity index (χ0n) is 20.4. The molecule has 2 aromatic carbocycles. The van der Waals surface area contributed by atoms with Gasteiger partial charge in [-0.25, -0.2) is 18.7 Å². The van der Waals surface area contributed by atoms with Crippen molar-refractivity contribution in [2.75, 3.05) is 37.7 Å². The fourth-order valence-electron chi connectivity index (χ4n) is 4.38. The van der Waals surface area contributed by atoms with Gasteiger partial charge in [0, 0.05) is 62.9 Å². The molecule has 2 aromatic heterocycles. The van der Waals surface area contributed by atoms with Crippen LogP contribution in [-0.2, 0) is 11.2 Å². The van der Waals surface area contributed by atoms with Crippen molar-refractivity contribution < 1.29 is 23.4 Å². The number of anilines is 1. The lowest BCUT2D eigenvalue weighted by Gasteiger charge is -2.35. The van der Waals surface area contributed by atoms with Crippen LogP contribution in [-0.4, -0.2) is 68.6 Å². The highest BCUT2D eigenvalue weighted by molar-refractivity contribution is 6.34. The maximum Gasteiger partial charge on any atom is 0.319 e. The number of hydrogen-bond acceptors (Lipinski definition) is 8. The summed E-state index contributed by atoms with van der Waals surface area (Å²) in [7, 11) is 0. The molecule has 0 bridgehead atoms. The average Bonchev–Trinajstić information content (AvgIpc) is 2.91. The molecule has 38 heavy (non-hydrogen) atoms. The molecule has 1 amide bonds. The molecule has 1 fully saturated rings. The van der Waals surface area contributed by atoms with E-state index in [4.69, 9.17) is 16.3 Å². The molecular weight excluding hydrogens is 518 g/mol. The van der Waals surface area contributed by atoms with Gasteiger partial charge in [-0.15, -0.1) is 0 Å². The van der Waals surface area contributed by atoms with Gasteiger partial charge in [0.2, 0.25) is 5.91 Å². The van der Waals surface area contributed by atoms with Crippen LogP contribution >= 0.6 is 11.6 Å². The van der Waals surface area contributed by atoms with Crippen molar-refractivity contribution in [1.82, 2.24) is 24.8 Å². The van der Waals surface area contributed by atoms with Crippen molar-refractivity contribution in [3.63, 3.8) is 0 Å². The largest absolute Gasteiger partial charge is 0.507 e. The van der Waals surface area contributed by atoms with E-state index >= 15 is 4.39 Å². The van der Waals surface area contributed by atoms with Crippen LogP contribution in [0.4, 0.5) is 14.6 Å². The minimum atomic E-state index is -0.921. The summed E-state index contributed by atoms with van der Waals surface area (Å²) in [4.78, 5) is 32.5. The standard InChI is InChI=1S/C26H23ClF2N6O3/c1-15(36)34-9-11-35(12-10-34)25-16-14-17(27)21(22-18(28)4-2-5-19(22)37)23(29)24(16)32-26(33-25)38-13-6-20-30-7-3-8-31-20/h2-5,7-8,14,37H,6,9-13H2,1H3. The number of carbonyl (C=O) groups excluding carboxylic acids is 1. The van der Waals surface area contributed by atoms with Crippen LogP contribution in [0.15, 0.2) is 42.7 Å². The number of phenolic OH excluding ortho intramolecular Hbond substituents is 1. The van der Waals surface area contributed by atoms with Crippen molar-refractivity contribution in [3.8, 4) is 22.9 Å². The summed E-state index contributed by atoms with van der Waals surface area (Å²) in [5.41, 5.74) is -0.822. The van der Waals surface area contributed by atoms with Crippen molar-refractivity contribution in [1.29, 1.82) is 0 Å². The number of amides is 1. The number of nitrogens with zero attached hydrogens (tertiary/aromatic N) is 6. The molecule has 1 aliphatic rings. The average molecular weight is 541 g/mol. The number of hydrogen-bond donors (Lipinski definition) is 1. The molecule has 0 atom stereocenters. The van der Waals surface area contributed by atoms with Crippen molar-refractivity contribution in [2.24, 2.45) is 0 Å². The molecule has 3 heterocycles. The highest BCUT2D eigenvalue weighted by Gasteiger charge is 2.27. The molecule has 0 unspecified atom stereocenters. The number of ether oxygens (including phenoxy) is 1. The molecule has 0 radical (unpaired) electrons. The number of carbonyl (C=O) groups is 1. The van der Waals surface area contributed by atoms with Crippen LogP contribution in [0.2, 0.25) is 5.02 Å². The Morgan fingerprint density at radius 3 is 2.50 bits per heavy atom. The molecule has 1 aliphatic heterocycles. The number of halogens is 3. The lowest BCUT2D eigenvalue weighted by atomic mass is 10.0. The van der Waals surface area contributed by atoms with Gasteiger partial charge in [0.1, 0.15) is 28.7 Å². The minimum Gasteiger partial charge on any atom is -0.507 e. The van der Waals surface area contributed by atoms with Crippen LogP contribution < -0.4 is 9.64 Å². The summed E-state index contributed by atoms with van der Waals surface area (Å²) in [6.07, 6.45) is 3.60. The number of phenols is 1. The van der Waals surface area contributed by atoms with E-state index < -0.39 is 17.4 Å². The van der Waals surface area contributed by atoms with E-state index in [-0.39, 0.29) is 40.2 Å². The summed E-state index contributed by atoms with van der Waals surface area (Å²) in [6, 6.07) is 6.73. The van der Waals surface area contributed by atoms with Gasteiger partial charge in [-0.3, -0.25) is 4.79 Å². The second-order valence-electron chi connectivity index (χ2n) is 8.66. The van der Waals surface area contributed by atoms with Crippen LogP contribution in [0.5, 0.6) is 11.8 Å². The maximum atomic E-state index is 16.1. The van der Waals surface area contributed by atoms with E-state index in [0.29, 0.717) is 49.6 Å². The third-order valence-electron chi connectivity index (χ3n) is 6.28. The predicted molar refractivity (Wildman–Crippen MR) is 137 cm³/mol. The summed E-state index contributed by atoms with van der Waals surface area (Å²) in [6.45, 7) is 3.44. The third-order valence-corrected chi connectivity index (χ3v) is 6.58. The van der Waals surface area contributed by atoms with Crippen LogP contribution in [0.3, 0.4) is 0 Å². The second kappa shape index (κ2) is 10.7. The first-order chi connectivity index (χ1) is 18.3. The Hall–Kier alpha value is -4.12. The fraction of sp³-hybridized carbons (Fsp3) is 0.269. The number of rotatable bonds is 6. The monoisotopic (exact) mass is 540 g/mol. The highest BCUT2D eigenvalue weighted by Crippen LogP contribution is 2.42. The zero-order valence-corrected chi connectivity index (χ0v) is 21.1. The predicted octanol–water partition coefficient (Wildman–Crippen LogP) is 4.01. The lowest BCUT2D eigenvalue weighted by molar-refractivity contribution is -0.129. The molecule has 5 rings (SSSR count).